The Morgan fingerprint density at radius 2 is 1.57 bits per heavy atom. The van der Waals surface area contributed by atoms with E-state index < -0.39 is 23.3 Å². The summed E-state index contributed by atoms with van der Waals surface area (Å²) in [5.41, 5.74) is -0.575. The molecule has 0 spiro atoms. The van der Waals surface area contributed by atoms with Gasteiger partial charge in [-0.2, -0.15) is 13.2 Å². The zero-order chi connectivity index (χ0) is 21.6. The summed E-state index contributed by atoms with van der Waals surface area (Å²) in [6.07, 6.45) is -2.46. The summed E-state index contributed by atoms with van der Waals surface area (Å²) in [5, 5.41) is 2.79. The van der Waals surface area contributed by atoms with Crippen molar-refractivity contribution in [2.75, 3.05) is 0 Å². The molecule has 156 valence electrons. The van der Waals surface area contributed by atoms with Gasteiger partial charge in [0.05, 0.1) is 6.04 Å². The van der Waals surface area contributed by atoms with E-state index in [4.69, 9.17) is 0 Å². The van der Waals surface area contributed by atoms with Crippen LogP contribution in [0.5, 0.6) is 0 Å². The third-order valence-electron chi connectivity index (χ3n) is 4.77. The second-order valence-electron chi connectivity index (χ2n) is 6.93. The quantitative estimate of drug-likeness (QED) is 0.578. The lowest BCUT2D eigenvalue weighted by Gasteiger charge is -2.19. The number of carbonyl (C=O) groups is 1. The molecule has 0 aliphatic heterocycles. The molecule has 1 unspecified atom stereocenters. The molecule has 7 heteroatoms. The van der Waals surface area contributed by atoms with Crippen LogP contribution in [0, 0.1) is 0 Å². The summed E-state index contributed by atoms with van der Waals surface area (Å²) in [7, 11) is 0. The Morgan fingerprint density at radius 3 is 2.17 bits per heavy atom. The van der Waals surface area contributed by atoms with E-state index in [-0.39, 0.29) is 11.6 Å². The van der Waals surface area contributed by atoms with Gasteiger partial charge < -0.3 is 10.3 Å². The normalized spacial score (nSPS) is 12.4. The number of amides is 1. The van der Waals surface area contributed by atoms with E-state index in [9.17, 15) is 22.8 Å². The van der Waals surface area contributed by atoms with Crippen LogP contribution in [0.1, 0.15) is 46.1 Å². The number of rotatable bonds is 7. The lowest BCUT2D eigenvalue weighted by Crippen LogP contribution is -2.33. The Kier molecular flexibility index (Phi) is 6.72. The van der Waals surface area contributed by atoms with Gasteiger partial charge in [-0.3, -0.25) is 9.59 Å². The van der Waals surface area contributed by atoms with Crippen molar-refractivity contribution in [3.05, 3.63) is 106 Å². The highest BCUT2D eigenvalue weighted by Gasteiger charge is 2.32. The van der Waals surface area contributed by atoms with Gasteiger partial charge in [-0.05, 0) is 42.5 Å². The molecule has 1 amide bonds. The highest BCUT2D eigenvalue weighted by Crippen LogP contribution is 2.26. The van der Waals surface area contributed by atoms with Crippen LogP contribution in [0.25, 0.3) is 0 Å². The van der Waals surface area contributed by atoms with Crippen LogP contribution in [0.15, 0.2) is 77.6 Å². The number of hydrogen-bond acceptors (Lipinski definition) is 2. The van der Waals surface area contributed by atoms with Gasteiger partial charge in [-0.1, -0.05) is 60.7 Å². The van der Waals surface area contributed by atoms with E-state index in [0.717, 1.165) is 24.5 Å². The Hall–Kier alpha value is -3.35. The van der Waals surface area contributed by atoms with Crippen molar-refractivity contribution in [1.82, 2.24) is 10.3 Å². The maximum absolute atomic E-state index is 12.7. The minimum absolute atomic E-state index is 0.355. The zero-order valence-corrected chi connectivity index (χ0v) is 16.1. The smallest absolute Gasteiger partial charge is 0.345 e. The van der Waals surface area contributed by atoms with Gasteiger partial charge in [0, 0.05) is 0 Å². The van der Waals surface area contributed by atoms with Crippen molar-refractivity contribution in [1.29, 1.82) is 0 Å². The average molecular weight is 414 g/mol. The molecule has 0 aliphatic carbocycles. The number of alkyl halides is 3. The van der Waals surface area contributed by atoms with Crippen molar-refractivity contribution in [2.24, 2.45) is 0 Å². The summed E-state index contributed by atoms with van der Waals surface area (Å²) >= 11 is 0. The van der Waals surface area contributed by atoms with E-state index in [2.05, 4.69) is 5.32 Å². The Labute approximate surface area is 171 Å². The molecule has 3 aromatic rings. The standard InChI is InChI=1S/C23H21F3N2O2/c24-23(25,26)20-15-14-18(22(30)28-20)21(29)27-19(17-11-5-2-6-12-17)13-7-10-16-8-3-1-4-9-16/h1-6,8-9,11-12,14-15,19H,7,10,13H2,(H,27,29)(H,28,30). The van der Waals surface area contributed by atoms with Crippen LogP contribution in [0.4, 0.5) is 13.2 Å². The molecule has 0 radical (unpaired) electrons. The monoisotopic (exact) mass is 414 g/mol. The number of carbonyl (C=O) groups excluding carboxylic acids is 1. The molecule has 2 aromatic carbocycles. The minimum atomic E-state index is -4.68. The molecule has 1 aromatic heterocycles. The number of hydrogen-bond donors (Lipinski definition) is 2. The highest BCUT2D eigenvalue weighted by atomic mass is 19.4. The van der Waals surface area contributed by atoms with E-state index in [1.807, 2.05) is 60.7 Å². The van der Waals surface area contributed by atoms with E-state index in [1.165, 1.54) is 5.56 Å². The Morgan fingerprint density at radius 1 is 0.933 bits per heavy atom. The second kappa shape index (κ2) is 9.43. The first-order chi connectivity index (χ1) is 14.3. The molecule has 0 saturated carbocycles. The SMILES string of the molecule is O=C(NC(CCCc1ccccc1)c1ccccc1)c1ccc(C(F)(F)F)[nH]c1=O. The largest absolute Gasteiger partial charge is 0.431 e. The fraction of sp³-hybridized carbons (Fsp3) is 0.217. The molecule has 0 aliphatic rings. The number of aromatic amines is 1. The maximum atomic E-state index is 12.7. The van der Waals surface area contributed by atoms with E-state index in [0.29, 0.717) is 12.5 Å². The number of halogens is 3. The Balaban J connectivity index is 1.74. The first-order valence-electron chi connectivity index (χ1n) is 9.55. The summed E-state index contributed by atoms with van der Waals surface area (Å²) in [6.45, 7) is 0. The van der Waals surface area contributed by atoms with Gasteiger partial charge >= 0.3 is 6.18 Å². The molecule has 30 heavy (non-hydrogen) atoms. The van der Waals surface area contributed by atoms with Gasteiger partial charge in [0.25, 0.3) is 11.5 Å². The fourth-order valence-corrected chi connectivity index (χ4v) is 3.22. The number of nitrogens with one attached hydrogen (secondary N) is 2. The molecule has 2 N–H and O–H groups in total. The number of pyridine rings is 1. The molecule has 0 bridgehead atoms. The predicted molar refractivity (Wildman–Crippen MR) is 108 cm³/mol. The van der Waals surface area contributed by atoms with Crippen molar-refractivity contribution < 1.29 is 18.0 Å². The molecule has 3 rings (SSSR count). The topological polar surface area (TPSA) is 62.0 Å². The zero-order valence-electron chi connectivity index (χ0n) is 16.1. The second-order valence-corrected chi connectivity index (χ2v) is 6.93. The molecular weight excluding hydrogens is 393 g/mol. The van der Waals surface area contributed by atoms with Gasteiger partial charge in [-0.25, -0.2) is 0 Å². The predicted octanol–water partition coefficient (Wildman–Crippen LogP) is 4.89. The molecule has 0 fully saturated rings. The summed E-state index contributed by atoms with van der Waals surface area (Å²) in [5.74, 6) is -0.710. The molecular formula is C23H21F3N2O2. The van der Waals surface area contributed by atoms with Gasteiger partial charge in [-0.15, -0.1) is 0 Å². The summed E-state index contributed by atoms with van der Waals surface area (Å²) < 4.78 is 38.2. The highest BCUT2D eigenvalue weighted by molar-refractivity contribution is 5.94. The number of benzene rings is 2. The fourth-order valence-electron chi connectivity index (χ4n) is 3.22. The van der Waals surface area contributed by atoms with Gasteiger partial charge in [0.15, 0.2) is 0 Å². The van der Waals surface area contributed by atoms with Crippen LogP contribution in [-0.4, -0.2) is 10.9 Å². The van der Waals surface area contributed by atoms with Crippen LogP contribution < -0.4 is 10.9 Å². The lowest BCUT2D eigenvalue weighted by molar-refractivity contribution is -0.141. The minimum Gasteiger partial charge on any atom is -0.345 e. The molecule has 0 saturated heterocycles. The van der Waals surface area contributed by atoms with Crippen LogP contribution in [0.2, 0.25) is 0 Å². The van der Waals surface area contributed by atoms with Crippen LogP contribution in [-0.2, 0) is 12.6 Å². The molecule has 1 atom stereocenters. The van der Waals surface area contributed by atoms with E-state index in [1.54, 1.807) is 4.98 Å². The first kappa shape index (κ1) is 21.4. The van der Waals surface area contributed by atoms with Gasteiger partial charge in [0.1, 0.15) is 11.3 Å². The summed E-state index contributed by atoms with van der Waals surface area (Å²) in [6, 6.07) is 20.4. The first-order valence-corrected chi connectivity index (χ1v) is 9.55. The van der Waals surface area contributed by atoms with Crippen molar-refractivity contribution in [3.8, 4) is 0 Å². The number of aryl methyl sites for hydroxylation is 1. The van der Waals surface area contributed by atoms with Gasteiger partial charge in [0.2, 0.25) is 0 Å². The average Bonchev–Trinajstić information content (AvgIpc) is 2.73. The van der Waals surface area contributed by atoms with Crippen LogP contribution in [0.3, 0.4) is 0 Å². The Bertz CT molecular complexity index is 1030. The third kappa shape index (κ3) is 5.59. The van der Waals surface area contributed by atoms with Crippen molar-refractivity contribution >= 4 is 5.91 Å². The molecule has 1 heterocycles. The number of aromatic nitrogens is 1. The third-order valence-corrected chi connectivity index (χ3v) is 4.77. The lowest BCUT2D eigenvalue weighted by atomic mass is 9.98. The molecule has 4 nitrogen and oxygen atoms in total. The number of H-pyrrole nitrogens is 1. The van der Waals surface area contributed by atoms with Crippen molar-refractivity contribution in [2.45, 2.75) is 31.5 Å². The summed E-state index contributed by atoms with van der Waals surface area (Å²) in [4.78, 5) is 26.4. The van der Waals surface area contributed by atoms with Crippen LogP contribution >= 0.6 is 0 Å². The van der Waals surface area contributed by atoms with E-state index >= 15 is 0 Å². The van der Waals surface area contributed by atoms with Crippen molar-refractivity contribution in [3.63, 3.8) is 0 Å². The maximum Gasteiger partial charge on any atom is 0.431 e.